The van der Waals surface area contributed by atoms with Crippen LogP contribution >= 0.6 is 12.2 Å². The maximum atomic E-state index is 5.38. The first-order chi connectivity index (χ1) is 9.58. The smallest absolute Gasteiger partial charge is 0.215 e. The van der Waals surface area contributed by atoms with Gasteiger partial charge in [0.15, 0.2) is 10.4 Å². The van der Waals surface area contributed by atoms with Crippen LogP contribution in [0.5, 0.6) is 5.88 Å². The molecule has 0 unspecified atom stereocenters. The van der Waals surface area contributed by atoms with E-state index in [-0.39, 0.29) is 0 Å². The van der Waals surface area contributed by atoms with Crippen LogP contribution < -0.4 is 4.74 Å². The topological polar surface area (TPSA) is 60.7 Å². The summed E-state index contributed by atoms with van der Waals surface area (Å²) >= 11 is 5.38. The van der Waals surface area contributed by atoms with Crippen LogP contribution in [0.1, 0.15) is 11.3 Å². The standard InChI is InChI=1S/C13H15N5OS/c1-8-9(6-17(2)16-8)7-18-12-10(14-13(18)20)4-5-11(15-12)19-3/h4-6H,7H2,1-3H3,(H,14,20). The van der Waals surface area contributed by atoms with Crippen molar-refractivity contribution < 1.29 is 4.74 Å². The fourth-order valence-electron chi connectivity index (χ4n) is 2.25. The average Bonchev–Trinajstić information content (AvgIpc) is 2.90. The molecule has 3 aromatic rings. The number of fused-ring (bicyclic) bond motifs is 1. The minimum absolute atomic E-state index is 0.572. The lowest BCUT2D eigenvalue weighted by molar-refractivity contribution is 0.399. The predicted molar refractivity (Wildman–Crippen MR) is 78.5 cm³/mol. The van der Waals surface area contributed by atoms with E-state index in [9.17, 15) is 0 Å². The molecule has 1 N–H and O–H groups in total. The van der Waals surface area contributed by atoms with Gasteiger partial charge in [-0.15, -0.1) is 0 Å². The third-order valence-corrected chi connectivity index (χ3v) is 3.57. The highest BCUT2D eigenvalue weighted by Crippen LogP contribution is 2.18. The summed E-state index contributed by atoms with van der Waals surface area (Å²) in [5.41, 5.74) is 3.80. The van der Waals surface area contributed by atoms with E-state index in [0.717, 1.165) is 22.4 Å². The number of pyridine rings is 1. The predicted octanol–water partition coefficient (Wildman–Crippen LogP) is 2.19. The fraction of sp³-hybridized carbons (Fsp3) is 0.308. The van der Waals surface area contributed by atoms with Crippen molar-refractivity contribution in [1.29, 1.82) is 0 Å². The molecular weight excluding hydrogens is 274 g/mol. The molecule has 104 valence electrons. The van der Waals surface area contributed by atoms with Crippen molar-refractivity contribution in [3.63, 3.8) is 0 Å². The van der Waals surface area contributed by atoms with Crippen LogP contribution in [0, 0.1) is 11.7 Å². The van der Waals surface area contributed by atoms with Crippen molar-refractivity contribution in [3.05, 3.63) is 34.4 Å². The maximum Gasteiger partial charge on any atom is 0.215 e. The van der Waals surface area contributed by atoms with E-state index in [0.29, 0.717) is 17.2 Å². The normalized spacial score (nSPS) is 11.2. The number of H-pyrrole nitrogens is 1. The van der Waals surface area contributed by atoms with Crippen LogP contribution in [-0.2, 0) is 13.6 Å². The van der Waals surface area contributed by atoms with Crippen molar-refractivity contribution in [3.8, 4) is 5.88 Å². The molecular formula is C13H15N5OS. The summed E-state index contributed by atoms with van der Waals surface area (Å²) in [7, 11) is 3.51. The summed E-state index contributed by atoms with van der Waals surface area (Å²) in [6.45, 7) is 2.63. The van der Waals surface area contributed by atoms with Gasteiger partial charge in [0, 0.05) is 24.9 Å². The Morgan fingerprint density at radius 3 is 2.85 bits per heavy atom. The van der Waals surface area contributed by atoms with E-state index in [1.165, 1.54) is 0 Å². The second kappa shape index (κ2) is 4.75. The number of aromatic amines is 1. The van der Waals surface area contributed by atoms with Crippen LogP contribution in [0.4, 0.5) is 0 Å². The third kappa shape index (κ3) is 2.09. The van der Waals surface area contributed by atoms with Gasteiger partial charge in [0.05, 0.1) is 24.9 Å². The zero-order valence-corrected chi connectivity index (χ0v) is 12.4. The van der Waals surface area contributed by atoms with Crippen molar-refractivity contribution >= 4 is 23.4 Å². The first kappa shape index (κ1) is 12.9. The first-order valence-corrected chi connectivity index (χ1v) is 6.62. The van der Waals surface area contributed by atoms with E-state index in [1.807, 2.05) is 36.9 Å². The van der Waals surface area contributed by atoms with E-state index in [2.05, 4.69) is 15.1 Å². The van der Waals surface area contributed by atoms with Gasteiger partial charge in [-0.05, 0) is 25.2 Å². The Morgan fingerprint density at radius 2 is 2.20 bits per heavy atom. The summed E-state index contributed by atoms with van der Waals surface area (Å²) in [6, 6.07) is 3.73. The first-order valence-electron chi connectivity index (χ1n) is 6.21. The minimum atomic E-state index is 0.572. The van der Waals surface area contributed by atoms with Gasteiger partial charge in [-0.3, -0.25) is 9.25 Å². The van der Waals surface area contributed by atoms with E-state index < -0.39 is 0 Å². The summed E-state index contributed by atoms with van der Waals surface area (Å²) in [6.07, 6.45) is 2.00. The van der Waals surface area contributed by atoms with Crippen molar-refractivity contribution in [2.45, 2.75) is 13.5 Å². The van der Waals surface area contributed by atoms with Gasteiger partial charge < -0.3 is 9.72 Å². The summed E-state index contributed by atoms with van der Waals surface area (Å²) in [4.78, 5) is 7.62. The zero-order valence-electron chi connectivity index (χ0n) is 11.5. The highest BCUT2D eigenvalue weighted by Gasteiger charge is 2.10. The van der Waals surface area contributed by atoms with Crippen LogP contribution in [0.2, 0.25) is 0 Å². The summed E-state index contributed by atoms with van der Waals surface area (Å²) in [5.74, 6) is 0.572. The van der Waals surface area contributed by atoms with Gasteiger partial charge in [0.2, 0.25) is 5.88 Å². The Hall–Kier alpha value is -2.15. The highest BCUT2D eigenvalue weighted by atomic mass is 32.1. The molecule has 6 nitrogen and oxygen atoms in total. The maximum absolute atomic E-state index is 5.38. The lowest BCUT2D eigenvalue weighted by atomic mass is 10.2. The number of aromatic nitrogens is 5. The molecule has 0 radical (unpaired) electrons. The number of hydrogen-bond acceptors (Lipinski definition) is 4. The van der Waals surface area contributed by atoms with Gasteiger partial charge in [-0.2, -0.15) is 10.1 Å². The van der Waals surface area contributed by atoms with Crippen LogP contribution in [-0.4, -0.2) is 31.4 Å². The molecule has 0 spiro atoms. The monoisotopic (exact) mass is 289 g/mol. The Bertz CT molecular complexity index is 829. The van der Waals surface area contributed by atoms with E-state index in [4.69, 9.17) is 17.0 Å². The van der Waals surface area contributed by atoms with Gasteiger partial charge in [-0.25, -0.2) is 0 Å². The summed E-state index contributed by atoms with van der Waals surface area (Å²) in [5, 5.41) is 4.35. The molecule has 0 aliphatic heterocycles. The van der Waals surface area contributed by atoms with Gasteiger partial charge in [0.1, 0.15) is 0 Å². The number of nitrogens with one attached hydrogen (secondary N) is 1. The van der Waals surface area contributed by atoms with Crippen LogP contribution in [0.25, 0.3) is 11.2 Å². The molecule has 0 fully saturated rings. The third-order valence-electron chi connectivity index (χ3n) is 3.24. The van der Waals surface area contributed by atoms with E-state index >= 15 is 0 Å². The number of ether oxygens (including phenoxy) is 1. The van der Waals surface area contributed by atoms with Gasteiger partial charge in [-0.1, -0.05) is 0 Å². The summed E-state index contributed by atoms with van der Waals surface area (Å²) < 4.78 is 9.58. The number of aryl methyl sites for hydroxylation is 2. The van der Waals surface area contributed by atoms with Crippen LogP contribution in [0.3, 0.4) is 0 Å². The SMILES string of the molecule is COc1ccc2[nH]c(=S)n(Cc3cn(C)nc3C)c2n1. The average molecular weight is 289 g/mol. The lowest BCUT2D eigenvalue weighted by Crippen LogP contribution is -2.02. The molecule has 20 heavy (non-hydrogen) atoms. The highest BCUT2D eigenvalue weighted by molar-refractivity contribution is 7.71. The Labute approximate surface area is 121 Å². The Balaban J connectivity index is 2.12. The molecule has 0 aliphatic rings. The Kier molecular flexibility index (Phi) is 3.06. The number of imidazole rings is 1. The van der Waals surface area contributed by atoms with Crippen molar-refractivity contribution in [1.82, 2.24) is 24.3 Å². The lowest BCUT2D eigenvalue weighted by Gasteiger charge is -2.04. The molecule has 3 rings (SSSR count). The molecule has 0 atom stereocenters. The molecule has 0 saturated heterocycles. The quantitative estimate of drug-likeness (QED) is 0.751. The van der Waals surface area contributed by atoms with Crippen molar-refractivity contribution in [2.75, 3.05) is 7.11 Å². The van der Waals surface area contributed by atoms with Crippen LogP contribution in [0.15, 0.2) is 18.3 Å². The largest absolute Gasteiger partial charge is 0.481 e. The number of nitrogens with zero attached hydrogens (tertiary/aromatic N) is 4. The molecule has 0 saturated carbocycles. The number of hydrogen-bond donors (Lipinski definition) is 1. The molecule has 0 aromatic carbocycles. The molecule has 0 bridgehead atoms. The van der Waals surface area contributed by atoms with Gasteiger partial charge in [0.25, 0.3) is 0 Å². The number of rotatable bonds is 3. The second-order valence-electron chi connectivity index (χ2n) is 4.65. The molecule has 3 aromatic heterocycles. The zero-order chi connectivity index (χ0) is 14.3. The molecule has 3 heterocycles. The fourth-order valence-corrected chi connectivity index (χ4v) is 2.51. The minimum Gasteiger partial charge on any atom is -0.481 e. The Morgan fingerprint density at radius 1 is 1.40 bits per heavy atom. The molecule has 7 heteroatoms. The molecule has 0 aliphatic carbocycles. The van der Waals surface area contributed by atoms with Crippen molar-refractivity contribution in [2.24, 2.45) is 7.05 Å². The van der Waals surface area contributed by atoms with Gasteiger partial charge >= 0.3 is 0 Å². The molecule has 0 amide bonds. The van der Waals surface area contributed by atoms with E-state index in [1.54, 1.807) is 11.8 Å². The second-order valence-corrected chi connectivity index (χ2v) is 5.04. The number of methoxy groups -OCH3 is 1.